The van der Waals surface area contributed by atoms with Crippen LogP contribution in [-0.4, -0.2) is 63.7 Å². The smallest absolute Gasteiger partial charge is 0.244 e. The molecule has 1 aliphatic rings. The fourth-order valence-electron chi connectivity index (χ4n) is 1.92. The predicted molar refractivity (Wildman–Crippen MR) is 63.1 cm³/mol. The van der Waals surface area contributed by atoms with Gasteiger partial charge in [-0.05, 0) is 20.0 Å². The third-order valence-corrected chi connectivity index (χ3v) is 2.92. The third-order valence-electron chi connectivity index (χ3n) is 2.92. The van der Waals surface area contributed by atoms with Gasteiger partial charge < -0.3 is 15.5 Å². The summed E-state index contributed by atoms with van der Waals surface area (Å²) in [5.41, 5.74) is 5.40. The fraction of sp³-hybridized carbons (Fsp3) is 0.700. The first-order valence-corrected chi connectivity index (χ1v) is 5.76. The summed E-state index contributed by atoms with van der Waals surface area (Å²) >= 11 is 0. The molecule has 0 spiro atoms. The number of likely N-dealkylation sites (N-methyl/N-ethyl adjacent to an activating group) is 1. The Balaban J connectivity index is 1.91. The molecule has 0 saturated carbocycles. The molecule has 7 nitrogen and oxygen atoms in total. The van der Waals surface area contributed by atoms with Crippen molar-refractivity contribution >= 4 is 11.9 Å². The molecule has 0 aromatic carbocycles. The first-order valence-electron chi connectivity index (χ1n) is 5.76. The van der Waals surface area contributed by atoms with Crippen molar-refractivity contribution in [1.29, 1.82) is 0 Å². The lowest BCUT2D eigenvalue weighted by molar-refractivity contribution is -0.131. The Morgan fingerprint density at radius 3 is 2.94 bits per heavy atom. The van der Waals surface area contributed by atoms with Crippen LogP contribution in [0.2, 0.25) is 0 Å². The first kappa shape index (κ1) is 11.8. The van der Waals surface area contributed by atoms with Gasteiger partial charge in [-0.25, -0.2) is 9.67 Å². The molecule has 2 rings (SSSR count). The number of carbonyl (C=O) groups is 1. The van der Waals surface area contributed by atoms with Crippen LogP contribution < -0.4 is 5.73 Å². The predicted octanol–water partition coefficient (Wildman–Crippen LogP) is -0.976. The van der Waals surface area contributed by atoms with E-state index in [2.05, 4.69) is 22.0 Å². The molecule has 94 valence electrons. The number of rotatable bonds is 2. The van der Waals surface area contributed by atoms with Crippen LogP contribution in [0.5, 0.6) is 0 Å². The van der Waals surface area contributed by atoms with Crippen molar-refractivity contribution in [1.82, 2.24) is 24.6 Å². The molecule has 1 fully saturated rings. The molecule has 0 aliphatic carbocycles. The molecule has 7 heteroatoms. The lowest BCUT2D eigenvalue weighted by atomic mass is 10.4. The number of hydrogen-bond acceptors (Lipinski definition) is 5. The van der Waals surface area contributed by atoms with E-state index < -0.39 is 0 Å². The maximum absolute atomic E-state index is 12.0. The Kier molecular flexibility index (Phi) is 3.58. The Labute approximate surface area is 100 Å². The second-order valence-corrected chi connectivity index (χ2v) is 4.34. The van der Waals surface area contributed by atoms with Crippen molar-refractivity contribution in [2.75, 3.05) is 39.0 Å². The topological polar surface area (TPSA) is 80.3 Å². The Morgan fingerprint density at radius 1 is 1.41 bits per heavy atom. The van der Waals surface area contributed by atoms with Gasteiger partial charge in [0, 0.05) is 19.6 Å². The molecular formula is C10H18N6O. The van der Waals surface area contributed by atoms with Crippen LogP contribution in [-0.2, 0) is 11.3 Å². The van der Waals surface area contributed by atoms with Gasteiger partial charge in [-0.3, -0.25) is 4.79 Å². The number of nitrogens with zero attached hydrogens (tertiary/aromatic N) is 5. The summed E-state index contributed by atoms with van der Waals surface area (Å²) in [4.78, 5) is 19.9. The molecule has 17 heavy (non-hydrogen) atoms. The van der Waals surface area contributed by atoms with Gasteiger partial charge in [0.2, 0.25) is 11.9 Å². The minimum atomic E-state index is 0.0743. The van der Waals surface area contributed by atoms with Crippen LogP contribution >= 0.6 is 0 Å². The highest BCUT2D eigenvalue weighted by molar-refractivity contribution is 5.75. The van der Waals surface area contributed by atoms with Gasteiger partial charge in [0.05, 0.1) is 0 Å². The SMILES string of the molecule is CN1CCCN(C(=O)Cn2cnc(N)n2)CC1. The molecule has 0 unspecified atom stereocenters. The number of carbonyl (C=O) groups excluding carboxylic acids is 1. The molecule has 1 aromatic heterocycles. The van der Waals surface area contributed by atoms with Gasteiger partial charge >= 0.3 is 0 Å². The lowest BCUT2D eigenvalue weighted by Gasteiger charge is -2.20. The number of hydrogen-bond donors (Lipinski definition) is 1. The largest absolute Gasteiger partial charge is 0.367 e. The van der Waals surface area contributed by atoms with E-state index in [0.717, 1.165) is 32.6 Å². The first-order chi connectivity index (χ1) is 8.15. The van der Waals surface area contributed by atoms with Crippen molar-refractivity contribution in [3.05, 3.63) is 6.33 Å². The third kappa shape index (κ3) is 3.16. The van der Waals surface area contributed by atoms with Gasteiger partial charge in [0.25, 0.3) is 0 Å². The quantitative estimate of drug-likeness (QED) is 0.716. The van der Waals surface area contributed by atoms with Crippen molar-refractivity contribution in [2.45, 2.75) is 13.0 Å². The summed E-state index contributed by atoms with van der Waals surface area (Å²) in [6.07, 6.45) is 2.50. The molecular weight excluding hydrogens is 220 g/mol. The van der Waals surface area contributed by atoms with Crippen LogP contribution in [0.3, 0.4) is 0 Å². The number of anilines is 1. The number of nitrogen functional groups attached to an aromatic ring is 1. The summed E-state index contributed by atoms with van der Waals surface area (Å²) in [7, 11) is 2.08. The van der Waals surface area contributed by atoms with E-state index in [1.165, 1.54) is 11.0 Å². The number of nitrogens with two attached hydrogens (primary N) is 1. The van der Waals surface area contributed by atoms with Crippen molar-refractivity contribution < 1.29 is 4.79 Å². The monoisotopic (exact) mass is 238 g/mol. The molecule has 1 amide bonds. The van der Waals surface area contributed by atoms with Crippen molar-refractivity contribution in [3.63, 3.8) is 0 Å². The zero-order valence-corrected chi connectivity index (χ0v) is 10.0. The Morgan fingerprint density at radius 2 is 2.24 bits per heavy atom. The number of amides is 1. The van der Waals surface area contributed by atoms with Crippen LogP contribution in [0.25, 0.3) is 0 Å². The maximum Gasteiger partial charge on any atom is 0.244 e. The average Bonchev–Trinajstić information content (AvgIpc) is 2.56. The molecule has 0 radical (unpaired) electrons. The highest BCUT2D eigenvalue weighted by atomic mass is 16.2. The minimum absolute atomic E-state index is 0.0743. The Hall–Kier alpha value is -1.63. The van der Waals surface area contributed by atoms with E-state index in [0.29, 0.717) is 0 Å². The summed E-state index contributed by atoms with van der Waals surface area (Å²) in [6.45, 7) is 3.77. The molecule has 1 saturated heterocycles. The van der Waals surface area contributed by atoms with Gasteiger partial charge in [-0.2, -0.15) is 0 Å². The van der Waals surface area contributed by atoms with Crippen LogP contribution in [0.15, 0.2) is 6.33 Å². The molecule has 0 bridgehead atoms. The normalized spacial score (nSPS) is 18.1. The van der Waals surface area contributed by atoms with Crippen LogP contribution in [0, 0.1) is 0 Å². The molecule has 1 aliphatic heterocycles. The molecule has 0 atom stereocenters. The van der Waals surface area contributed by atoms with E-state index in [4.69, 9.17) is 5.73 Å². The van der Waals surface area contributed by atoms with Crippen LogP contribution in [0.4, 0.5) is 5.95 Å². The minimum Gasteiger partial charge on any atom is -0.367 e. The van der Waals surface area contributed by atoms with Gasteiger partial charge in [-0.1, -0.05) is 0 Å². The van der Waals surface area contributed by atoms with Crippen molar-refractivity contribution in [3.8, 4) is 0 Å². The second-order valence-electron chi connectivity index (χ2n) is 4.34. The van der Waals surface area contributed by atoms with Crippen LogP contribution in [0.1, 0.15) is 6.42 Å². The zero-order valence-electron chi connectivity index (χ0n) is 10.0. The zero-order chi connectivity index (χ0) is 12.3. The standard InChI is InChI=1S/C10H18N6O/c1-14-3-2-4-15(6-5-14)9(17)7-16-8-12-10(11)13-16/h8H,2-7H2,1H3,(H2,11,13). The average molecular weight is 238 g/mol. The molecule has 2 heterocycles. The summed E-state index contributed by atoms with van der Waals surface area (Å²) in [5.74, 6) is 0.276. The number of aromatic nitrogens is 3. The van der Waals surface area contributed by atoms with E-state index >= 15 is 0 Å². The summed E-state index contributed by atoms with van der Waals surface area (Å²) in [6, 6.07) is 0. The highest BCUT2D eigenvalue weighted by Crippen LogP contribution is 2.02. The summed E-state index contributed by atoms with van der Waals surface area (Å²) < 4.78 is 1.48. The van der Waals surface area contributed by atoms with Crippen molar-refractivity contribution in [2.24, 2.45) is 0 Å². The fourth-order valence-corrected chi connectivity index (χ4v) is 1.92. The van der Waals surface area contributed by atoms with Gasteiger partial charge in [0.15, 0.2) is 0 Å². The second kappa shape index (κ2) is 5.13. The van der Waals surface area contributed by atoms with E-state index in [1.54, 1.807) is 0 Å². The Bertz CT molecular complexity index is 390. The summed E-state index contributed by atoms with van der Waals surface area (Å²) in [5, 5.41) is 3.91. The van der Waals surface area contributed by atoms with Gasteiger partial charge in [-0.15, -0.1) is 5.10 Å². The van der Waals surface area contributed by atoms with Gasteiger partial charge in [0.1, 0.15) is 12.9 Å². The van der Waals surface area contributed by atoms with E-state index in [-0.39, 0.29) is 18.4 Å². The lowest BCUT2D eigenvalue weighted by Crippen LogP contribution is -2.36. The van der Waals surface area contributed by atoms with E-state index in [1.807, 2.05) is 4.90 Å². The molecule has 2 N–H and O–H groups in total. The highest BCUT2D eigenvalue weighted by Gasteiger charge is 2.17. The molecule has 1 aromatic rings. The maximum atomic E-state index is 12.0. The van der Waals surface area contributed by atoms with E-state index in [9.17, 15) is 4.79 Å².